The van der Waals surface area contributed by atoms with E-state index in [1.807, 2.05) is 30.3 Å². The lowest BCUT2D eigenvalue weighted by molar-refractivity contribution is 0.103. The summed E-state index contributed by atoms with van der Waals surface area (Å²) in [5.74, 6) is 0.597. The number of fused-ring (bicyclic) bond motifs is 1. The van der Waals surface area contributed by atoms with E-state index in [1.165, 1.54) is 27.6 Å². The van der Waals surface area contributed by atoms with Gasteiger partial charge in [-0.2, -0.15) is 0 Å². The molecule has 0 aliphatic rings. The maximum Gasteiger partial charge on any atom is 0.269 e. The molecule has 0 aliphatic carbocycles. The third-order valence-corrected chi connectivity index (χ3v) is 8.04. The Morgan fingerprint density at radius 1 is 1.16 bits per heavy atom. The van der Waals surface area contributed by atoms with Crippen LogP contribution in [0.3, 0.4) is 0 Å². The Bertz CT molecular complexity index is 1030. The third kappa shape index (κ3) is 3.73. The van der Waals surface area contributed by atoms with Crippen molar-refractivity contribution in [2.45, 2.75) is 10.1 Å². The second-order valence-corrected chi connectivity index (χ2v) is 9.60. The summed E-state index contributed by atoms with van der Waals surface area (Å²) in [6.07, 6.45) is 0. The molecular formula is C16H10ClN3OS4. The average Bonchev–Trinajstić information content (AvgIpc) is 3.34. The number of benzene rings is 1. The number of hydrogen-bond donors (Lipinski definition) is 1. The van der Waals surface area contributed by atoms with E-state index < -0.39 is 0 Å². The lowest BCUT2D eigenvalue weighted by Gasteiger charge is -1.98. The van der Waals surface area contributed by atoms with Crippen LogP contribution in [0.15, 0.2) is 46.1 Å². The smallest absolute Gasteiger partial charge is 0.269 e. The molecule has 1 amide bonds. The number of halogens is 1. The number of carbonyl (C=O) groups is 1. The molecule has 0 unspecified atom stereocenters. The molecule has 126 valence electrons. The van der Waals surface area contributed by atoms with Crippen molar-refractivity contribution in [2.75, 3.05) is 5.32 Å². The molecule has 1 N–H and O–H groups in total. The van der Waals surface area contributed by atoms with Gasteiger partial charge in [0.1, 0.15) is 4.88 Å². The summed E-state index contributed by atoms with van der Waals surface area (Å²) in [6.45, 7) is 0. The fourth-order valence-corrected chi connectivity index (χ4v) is 6.09. The molecule has 25 heavy (non-hydrogen) atoms. The van der Waals surface area contributed by atoms with Crippen LogP contribution in [-0.2, 0) is 5.75 Å². The van der Waals surface area contributed by atoms with E-state index in [-0.39, 0.29) is 5.91 Å². The van der Waals surface area contributed by atoms with Crippen molar-refractivity contribution >= 4 is 78.5 Å². The van der Waals surface area contributed by atoms with Gasteiger partial charge in [0.05, 0.1) is 5.02 Å². The van der Waals surface area contributed by atoms with Crippen LogP contribution in [0.2, 0.25) is 5.02 Å². The van der Waals surface area contributed by atoms with Gasteiger partial charge in [0.2, 0.25) is 5.13 Å². The topological polar surface area (TPSA) is 54.9 Å². The molecule has 1 aromatic carbocycles. The van der Waals surface area contributed by atoms with Crippen LogP contribution >= 0.6 is 57.4 Å². The first kappa shape index (κ1) is 17.0. The quantitative estimate of drug-likeness (QED) is 0.315. The minimum absolute atomic E-state index is 0.253. The van der Waals surface area contributed by atoms with Gasteiger partial charge < -0.3 is 0 Å². The number of thioether (sulfide) groups is 1. The summed E-state index contributed by atoms with van der Waals surface area (Å²) in [7, 11) is 0. The Morgan fingerprint density at radius 3 is 2.84 bits per heavy atom. The zero-order valence-corrected chi connectivity index (χ0v) is 16.6. The summed E-state index contributed by atoms with van der Waals surface area (Å²) in [5.41, 5.74) is 0. The van der Waals surface area contributed by atoms with E-state index in [4.69, 9.17) is 11.6 Å². The van der Waals surface area contributed by atoms with Crippen LogP contribution < -0.4 is 5.32 Å². The first-order valence-corrected chi connectivity index (χ1v) is 11.1. The molecule has 0 spiro atoms. The van der Waals surface area contributed by atoms with Crippen LogP contribution in [0.4, 0.5) is 5.13 Å². The molecule has 0 atom stereocenters. The Kier molecular flexibility index (Phi) is 5.05. The van der Waals surface area contributed by atoms with Gasteiger partial charge >= 0.3 is 0 Å². The average molecular weight is 424 g/mol. The van der Waals surface area contributed by atoms with Crippen molar-refractivity contribution in [3.8, 4) is 0 Å². The fourth-order valence-electron chi connectivity index (χ4n) is 2.16. The Hall–Kier alpha value is -1.45. The maximum absolute atomic E-state index is 12.5. The zero-order valence-electron chi connectivity index (χ0n) is 12.6. The lowest BCUT2D eigenvalue weighted by Crippen LogP contribution is -2.10. The van der Waals surface area contributed by atoms with Crippen LogP contribution in [-0.4, -0.2) is 16.1 Å². The van der Waals surface area contributed by atoms with Gasteiger partial charge in [-0.3, -0.25) is 10.1 Å². The predicted molar refractivity (Wildman–Crippen MR) is 109 cm³/mol. The summed E-state index contributed by atoms with van der Waals surface area (Å²) in [4.78, 5) is 14.3. The number of aromatic nitrogens is 2. The monoisotopic (exact) mass is 423 g/mol. The van der Waals surface area contributed by atoms with Crippen molar-refractivity contribution in [3.05, 3.63) is 56.6 Å². The van der Waals surface area contributed by atoms with Gasteiger partial charge in [-0.15, -0.1) is 32.9 Å². The second-order valence-electron chi connectivity index (χ2n) is 4.94. The van der Waals surface area contributed by atoms with E-state index in [9.17, 15) is 4.79 Å². The number of amides is 1. The molecular weight excluding hydrogens is 414 g/mol. The van der Waals surface area contributed by atoms with E-state index in [0.717, 1.165) is 20.2 Å². The van der Waals surface area contributed by atoms with Gasteiger partial charge in [-0.05, 0) is 17.5 Å². The van der Waals surface area contributed by atoms with E-state index in [2.05, 4.69) is 27.0 Å². The highest BCUT2D eigenvalue weighted by Crippen LogP contribution is 2.36. The number of carbonyl (C=O) groups excluding carboxylic acids is 1. The number of nitrogens with zero attached hydrogens (tertiary/aromatic N) is 2. The molecule has 3 heterocycles. The first-order valence-electron chi connectivity index (χ1n) is 7.18. The molecule has 3 aromatic heterocycles. The lowest BCUT2D eigenvalue weighted by atomic mass is 10.2. The standard InChI is InChI=1S/C16H10ClN3OS4/c17-12-10-5-1-2-6-11(10)24-13(12)14(21)18-15-19-20-16(25-15)23-8-9-4-3-7-22-9/h1-7H,8H2,(H,18,19,21). The molecule has 4 aromatic rings. The van der Waals surface area contributed by atoms with Gasteiger partial charge in [-0.25, -0.2) is 0 Å². The Morgan fingerprint density at radius 2 is 2.04 bits per heavy atom. The van der Waals surface area contributed by atoms with Crippen LogP contribution in [0.1, 0.15) is 14.5 Å². The normalized spacial score (nSPS) is 11.1. The molecule has 9 heteroatoms. The zero-order chi connectivity index (χ0) is 17.2. The van der Waals surface area contributed by atoms with Crippen molar-refractivity contribution < 1.29 is 4.79 Å². The van der Waals surface area contributed by atoms with Crippen molar-refractivity contribution in [1.82, 2.24) is 10.2 Å². The summed E-state index contributed by atoms with van der Waals surface area (Å²) < 4.78 is 1.81. The molecule has 0 saturated heterocycles. The van der Waals surface area contributed by atoms with Crippen molar-refractivity contribution in [3.63, 3.8) is 0 Å². The second kappa shape index (κ2) is 7.43. The molecule has 0 saturated carbocycles. The molecule has 0 radical (unpaired) electrons. The molecule has 4 rings (SSSR count). The van der Waals surface area contributed by atoms with E-state index >= 15 is 0 Å². The number of thiophene rings is 2. The highest BCUT2D eigenvalue weighted by Gasteiger charge is 2.18. The van der Waals surface area contributed by atoms with Crippen LogP contribution in [0.25, 0.3) is 10.1 Å². The number of rotatable bonds is 5. The number of hydrogen-bond acceptors (Lipinski definition) is 7. The highest BCUT2D eigenvalue weighted by molar-refractivity contribution is 8.00. The Balaban J connectivity index is 1.46. The molecule has 0 bridgehead atoms. The fraction of sp³-hybridized carbons (Fsp3) is 0.0625. The van der Waals surface area contributed by atoms with Gasteiger partial charge in [-0.1, -0.05) is 59.0 Å². The Labute approximate surface area is 164 Å². The van der Waals surface area contributed by atoms with Crippen LogP contribution in [0.5, 0.6) is 0 Å². The van der Waals surface area contributed by atoms with Gasteiger partial charge in [0.15, 0.2) is 4.34 Å². The predicted octanol–water partition coefficient (Wildman–Crippen LogP) is 6.01. The number of nitrogens with one attached hydrogen (secondary N) is 1. The van der Waals surface area contributed by atoms with Crippen LogP contribution in [0, 0.1) is 0 Å². The third-order valence-electron chi connectivity index (χ3n) is 3.29. The van der Waals surface area contributed by atoms with Gasteiger partial charge in [0, 0.05) is 20.7 Å². The van der Waals surface area contributed by atoms with E-state index in [0.29, 0.717) is 15.0 Å². The summed E-state index contributed by atoms with van der Waals surface area (Å²) in [6, 6.07) is 11.8. The highest BCUT2D eigenvalue weighted by atomic mass is 35.5. The minimum Gasteiger partial charge on any atom is -0.296 e. The van der Waals surface area contributed by atoms with E-state index in [1.54, 1.807) is 23.1 Å². The number of anilines is 1. The minimum atomic E-state index is -0.253. The van der Waals surface area contributed by atoms with Crippen molar-refractivity contribution in [2.24, 2.45) is 0 Å². The summed E-state index contributed by atoms with van der Waals surface area (Å²) >= 11 is 12.4. The molecule has 0 aliphatic heterocycles. The summed E-state index contributed by atoms with van der Waals surface area (Å²) in [5, 5.41) is 14.9. The van der Waals surface area contributed by atoms with Gasteiger partial charge in [0.25, 0.3) is 5.91 Å². The largest absolute Gasteiger partial charge is 0.296 e. The SMILES string of the molecule is O=C(Nc1nnc(SCc2cccs2)s1)c1sc2ccccc2c1Cl. The first-order chi connectivity index (χ1) is 12.2. The maximum atomic E-state index is 12.5. The molecule has 0 fully saturated rings. The molecule has 4 nitrogen and oxygen atoms in total. The van der Waals surface area contributed by atoms with Crippen molar-refractivity contribution in [1.29, 1.82) is 0 Å².